The van der Waals surface area contributed by atoms with E-state index >= 15 is 0 Å². The van der Waals surface area contributed by atoms with Crippen LogP contribution in [-0.4, -0.2) is 49.6 Å². The molecule has 1 aliphatic heterocycles. The van der Waals surface area contributed by atoms with E-state index in [0.29, 0.717) is 24.2 Å². The van der Waals surface area contributed by atoms with Crippen molar-refractivity contribution in [3.8, 4) is 0 Å². The molecule has 0 radical (unpaired) electrons. The number of hydrogen-bond donors (Lipinski definition) is 1. The fraction of sp³-hybridized carbons (Fsp3) is 0.600. The molecule has 1 saturated heterocycles. The van der Waals surface area contributed by atoms with Crippen molar-refractivity contribution in [2.45, 2.75) is 19.9 Å². The summed E-state index contributed by atoms with van der Waals surface area (Å²) in [6.07, 6.45) is 0. The highest BCUT2D eigenvalue weighted by Crippen LogP contribution is 2.38. The fourth-order valence-corrected chi connectivity index (χ4v) is 3.13. The SMILES string of the molecule is CCNc1cccc(N2CC(C)C(N(C)C)C2)c1[N+](=O)[O-]. The van der Waals surface area contributed by atoms with Crippen molar-refractivity contribution in [2.24, 2.45) is 5.92 Å². The molecule has 1 aromatic carbocycles. The van der Waals surface area contributed by atoms with Crippen LogP contribution < -0.4 is 10.2 Å². The van der Waals surface area contributed by atoms with Crippen LogP contribution in [0.3, 0.4) is 0 Å². The zero-order chi connectivity index (χ0) is 15.6. The van der Waals surface area contributed by atoms with Crippen LogP contribution in [0, 0.1) is 16.0 Å². The molecule has 0 spiro atoms. The largest absolute Gasteiger partial charge is 0.380 e. The summed E-state index contributed by atoms with van der Waals surface area (Å²) < 4.78 is 0. The first-order valence-corrected chi connectivity index (χ1v) is 7.38. The highest BCUT2D eigenvalue weighted by molar-refractivity contribution is 5.77. The van der Waals surface area contributed by atoms with Crippen molar-refractivity contribution < 1.29 is 4.92 Å². The lowest BCUT2D eigenvalue weighted by Crippen LogP contribution is -2.34. The molecule has 1 fully saturated rings. The van der Waals surface area contributed by atoms with Crippen molar-refractivity contribution in [3.63, 3.8) is 0 Å². The second-order valence-corrected chi connectivity index (χ2v) is 5.87. The molecule has 1 N–H and O–H groups in total. The van der Waals surface area contributed by atoms with E-state index in [2.05, 4.69) is 36.1 Å². The van der Waals surface area contributed by atoms with E-state index in [1.54, 1.807) is 6.07 Å². The van der Waals surface area contributed by atoms with E-state index < -0.39 is 0 Å². The van der Waals surface area contributed by atoms with Gasteiger partial charge >= 0.3 is 5.69 Å². The first kappa shape index (κ1) is 15.6. The number of anilines is 2. The van der Waals surface area contributed by atoms with Crippen LogP contribution in [0.5, 0.6) is 0 Å². The van der Waals surface area contributed by atoms with Crippen LogP contribution in [0.25, 0.3) is 0 Å². The summed E-state index contributed by atoms with van der Waals surface area (Å²) in [5.74, 6) is 0.488. The van der Waals surface area contributed by atoms with Gasteiger partial charge in [0.25, 0.3) is 0 Å². The lowest BCUT2D eigenvalue weighted by molar-refractivity contribution is -0.383. The first-order valence-electron chi connectivity index (χ1n) is 7.38. The van der Waals surface area contributed by atoms with Crippen LogP contribution in [0.15, 0.2) is 18.2 Å². The number of benzene rings is 1. The van der Waals surface area contributed by atoms with E-state index in [0.717, 1.165) is 18.8 Å². The van der Waals surface area contributed by atoms with E-state index in [-0.39, 0.29) is 10.6 Å². The number of hydrogen-bond acceptors (Lipinski definition) is 5. The van der Waals surface area contributed by atoms with Gasteiger partial charge in [-0.2, -0.15) is 0 Å². The normalized spacial score (nSPS) is 21.9. The molecule has 6 nitrogen and oxygen atoms in total. The van der Waals surface area contributed by atoms with Gasteiger partial charge in [0.2, 0.25) is 0 Å². The van der Waals surface area contributed by atoms with Crippen molar-refractivity contribution in [1.29, 1.82) is 0 Å². The predicted molar refractivity (Wildman–Crippen MR) is 86.1 cm³/mol. The maximum Gasteiger partial charge on any atom is 0.315 e. The molecule has 116 valence electrons. The molecular weight excluding hydrogens is 268 g/mol. The van der Waals surface area contributed by atoms with E-state index in [9.17, 15) is 10.1 Å². The quantitative estimate of drug-likeness (QED) is 0.667. The van der Waals surface area contributed by atoms with Crippen molar-refractivity contribution in [2.75, 3.05) is 43.9 Å². The summed E-state index contributed by atoms with van der Waals surface area (Å²) in [4.78, 5) is 15.6. The number of nitro groups is 1. The Labute approximate surface area is 125 Å². The summed E-state index contributed by atoms with van der Waals surface area (Å²) >= 11 is 0. The topological polar surface area (TPSA) is 61.6 Å². The molecule has 1 aromatic rings. The van der Waals surface area contributed by atoms with Gasteiger partial charge in [-0.25, -0.2) is 0 Å². The molecule has 6 heteroatoms. The monoisotopic (exact) mass is 292 g/mol. The maximum absolute atomic E-state index is 11.5. The number of likely N-dealkylation sites (N-methyl/N-ethyl adjacent to an activating group) is 1. The Kier molecular flexibility index (Phi) is 4.67. The summed E-state index contributed by atoms with van der Waals surface area (Å²) in [5.41, 5.74) is 1.50. The number of para-hydroxylation sites is 1. The van der Waals surface area contributed by atoms with E-state index in [4.69, 9.17) is 0 Å². The van der Waals surface area contributed by atoms with Crippen molar-refractivity contribution in [3.05, 3.63) is 28.3 Å². The minimum absolute atomic E-state index is 0.186. The first-order chi connectivity index (χ1) is 9.95. The van der Waals surface area contributed by atoms with Crippen LogP contribution >= 0.6 is 0 Å². The smallest absolute Gasteiger partial charge is 0.315 e. The Morgan fingerprint density at radius 1 is 1.43 bits per heavy atom. The van der Waals surface area contributed by atoms with Crippen molar-refractivity contribution in [1.82, 2.24) is 4.90 Å². The van der Waals surface area contributed by atoms with E-state index in [1.807, 2.05) is 19.1 Å². The zero-order valence-corrected chi connectivity index (χ0v) is 13.2. The average molecular weight is 292 g/mol. The van der Waals surface area contributed by atoms with Gasteiger partial charge in [0, 0.05) is 25.7 Å². The number of nitrogens with one attached hydrogen (secondary N) is 1. The molecule has 0 aromatic heterocycles. The van der Waals surface area contributed by atoms with Gasteiger partial charge in [-0.15, -0.1) is 0 Å². The molecule has 2 rings (SSSR count). The van der Waals surface area contributed by atoms with Gasteiger partial charge in [0.1, 0.15) is 11.4 Å². The Hall–Kier alpha value is -1.82. The predicted octanol–water partition coefficient (Wildman–Crippen LogP) is 2.41. The molecule has 2 atom stereocenters. The third-order valence-corrected chi connectivity index (χ3v) is 4.14. The molecule has 0 amide bonds. The van der Waals surface area contributed by atoms with Crippen LogP contribution in [0.1, 0.15) is 13.8 Å². The summed E-state index contributed by atoms with van der Waals surface area (Å²) in [6, 6.07) is 5.93. The molecule has 2 unspecified atom stereocenters. The van der Waals surface area contributed by atoms with Crippen molar-refractivity contribution >= 4 is 17.1 Å². The lowest BCUT2D eigenvalue weighted by atomic mass is 10.1. The Morgan fingerprint density at radius 2 is 2.14 bits per heavy atom. The van der Waals surface area contributed by atoms with E-state index in [1.165, 1.54) is 0 Å². The Morgan fingerprint density at radius 3 is 2.67 bits per heavy atom. The van der Waals surface area contributed by atoms with Gasteiger partial charge in [0.05, 0.1) is 4.92 Å². The molecule has 0 bridgehead atoms. The third kappa shape index (κ3) is 3.10. The molecule has 1 aliphatic rings. The standard InChI is InChI=1S/C15H24N4O2/c1-5-16-12-7-6-8-13(15(12)19(20)21)18-9-11(2)14(10-18)17(3)4/h6-8,11,14,16H,5,9-10H2,1-4H3. The molecule has 1 heterocycles. The van der Waals surface area contributed by atoms with Crippen LogP contribution in [-0.2, 0) is 0 Å². The molecule has 0 aliphatic carbocycles. The summed E-state index contributed by atoms with van der Waals surface area (Å²) in [5, 5.41) is 14.6. The minimum Gasteiger partial charge on any atom is -0.380 e. The Balaban J connectivity index is 2.36. The lowest BCUT2D eigenvalue weighted by Gasteiger charge is -2.23. The highest BCUT2D eigenvalue weighted by atomic mass is 16.6. The fourth-order valence-electron chi connectivity index (χ4n) is 3.13. The molecule has 21 heavy (non-hydrogen) atoms. The van der Waals surface area contributed by atoms with Gasteiger partial charge in [-0.05, 0) is 39.1 Å². The van der Waals surface area contributed by atoms with Crippen LogP contribution in [0.2, 0.25) is 0 Å². The number of nitrogens with zero attached hydrogens (tertiary/aromatic N) is 3. The summed E-state index contributed by atoms with van der Waals surface area (Å²) in [7, 11) is 4.13. The number of rotatable bonds is 5. The van der Waals surface area contributed by atoms with Gasteiger partial charge < -0.3 is 15.1 Å². The third-order valence-electron chi connectivity index (χ3n) is 4.14. The second kappa shape index (κ2) is 6.30. The van der Waals surface area contributed by atoms with Gasteiger partial charge in [0.15, 0.2) is 0 Å². The Bertz CT molecular complexity index is 518. The van der Waals surface area contributed by atoms with Gasteiger partial charge in [-0.1, -0.05) is 13.0 Å². The number of nitro benzene ring substituents is 1. The highest BCUT2D eigenvalue weighted by Gasteiger charge is 2.34. The second-order valence-electron chi connectivity index (χ2n) is 5.87. The van der Waals surface area contributed by atoms with Gasteiger partial charge in [-0.3, -0.25) is 10.1 Å². The maximum atomic E-state index is 11.5. The van der Waals surface area contributed by atoms with Crippen LogP contribution in [0.4, 0.5) is 17.1 Å². The zero-order valence-electron chi connectivity index (χ0n) is 13.2. The summed E-state index contributed by atoms with van der Waals surface area (Å²) in [6.45, 7) is 6.48. The molecular formula is C15H24N4O2. The average Bonchev–Trinajstić information content (AvgIpc) is 2.80. The molecule has 0 saturated carbocycles. The minimum atomic E-state index is -0.277.